The van der Waals surface area contributed by atoms with Crippen LogP contribution in [0, 0.1) is 11.8 Å². The van der Waals surface area contributed by atoms with Gasteiger partial charge in [-0.2, -0.15) is 0 Å². The third-order valence-electron chi connectivity index (χ3n) is 3.14. The van der Waals surface area contributed by atoms with E-state index in [0.29, 0.717) is 13.0 Å². The predicted molar refractivity (Wildman–Crippen MR) is 67.0 cm³/mol. The van der Waals surface area contributed by atoms with Crippen molar-refractivity contribution in [2.75, 3.05) is 19.7 Å². The van der Waals surface area contributed by atoms with E-state index in [4.69, 9.17) is 23.1 Å². The minimum atomic E-state index is -0.340. The highest BCUT2D eigenvalue weighted by Gasteiger charge is 2.28. The molecule has 0 bridgehead atoms. The fraction of sp³-hybridized carbons (Fsp3) is 0.818. The Hall–Kier alpha value is -0.680. The van der Waals surface area contributed by atoms with Crippen LogP contribution in [0.1, 0.15) is 26.2 Å². The number of hydrogen-bond acceptors (Lipinski definition) is 3. The van der Waals surface area contributed by atoms with E-state index in [2.05, 4.69) is 0 Å². The third kappa shape index (κ3) is 3.15. The first-order valence-electron chi connectivity index (χ1n) is 5.79. The minimum Gasteiger partial charge on any atom is -0.396 e. The fourth-order valence-corrected chi connectivity index (χ4v) is 2.40. The van der Waals surface area contributed by atoms with Crippen LogP contribution < -0.4 is 5.73 Å². The maximum Gasteiger partial charge on any atom is 0.232 e. The second-order valence-corrected chi connectivity index (χ2v) is 4.81. The van der Waals surface area contributed by atoms with Crippen LogP contribution in [0.2, 0.25) is 0 Å². The molecule has 92 valence electrons. The van der Waals surface area contributed by atoms with Gasteiger partial charge in [-0.25, -0.2) is 0 Å². The van der Waals surface area contributed by atoms with Gasteiger partial charge in [-0.15, -0.1) is 0 Å². The van der Waals surface area contributed by atoms with Crippen molar-refractivity contribution in [2.24, 2.45) is 17.6 Å². The summed E-state index contributed by atoms with van der Waals surface area (Å²) < 4.78 is 0. The van der Waals surface area contributed by atoms with E-state index in [1.807, 2.05) is 6.92 Å². The molecule has 0 saturated carbocycles. The maximum atomic E-state index is 12.1. The summed E-state index contributed by atoms with van der Waals surface area (Å²) in [7, 11) is 0. The number of aliphatic hydroxyl groups excluding tert-OH is 1. The zero-order valence-electron chi connectivity index (χ0n) is 9.69. The molecule has 1 aliphatic rings. The van der Waals surface area contributed by atoms with Crippen LogP contribution in [0.25, 0.3) is 0 Å². The summed E-state index contributed by atoms with van der Waals surface area (Å²) in [5.41, 5.74) is 5.56. The van der Waals surface area contributed by atoms with Gasteiger partial charge in [0.15, 0.2) is 0 Å². The van der Waals surface area contributed by atoms with Gasteiger partial charge in [0.25, 0.3) is 0 Å². The number of likely N-dealkylation sites (tertiary alicyclic amines) is 1. The summed E-state index contributed by atoms with van der Waals surface area (Å²) in [6.07, 6.45) is 2.59. The quantitative estimate of drug-likeness (QED) is 0.708. The molecular weight excluding hydrogens is 224 g/mol. The van der Waals surface area contributed by atoms with E-state index in [0.717, 1.165) is 19.4 Å². The van der Waals surface area contributed by atoms with E-state index >= 15 is 0 Å². The molecule has 0 radical (unpaired) electrons. The van der Waals surface area contributed by atoms with E-state index in [1.165, 1.54) is 0 Å². The molecule has 5 heteroatoms. The normalized spacial score (nSPS) is 22.9. The molecule has 0 aromatic heterocycles. The first-order valence-corrected chi connectivity index (χ1v) is 6.19. The lowest BCUT2D eigenvalue weighted by Gasteiger charge is -2.33. The Morgan fingerprint density at radius 2 is 2.38 bits per heavy atom. The highest BCUT2D eigenvalue weighted by atomic mass is 32.1. The summed E-state index contributed by atoms with van der Waals surface area (Å²) in [5.74, 6) is -0.109. The van der Waals surface area contributed by atoms with Crippen LogP contribution in [0.3, 0.4) is 0 Å². The number of piperidine rings is 1. The molecule has 1 heterocycles. The van der Waals surface area contributed by atoms with Crippen LogP contribution in [0.4, 0.5) is 0 Å². The Morgan fingerprint density at radius 3 is 2.88 bits per heavy atom. The number of nitrogens with two attached hydrogens (primary N) is 1. The van der Waals surface area contributed by atoms with E-state index < -0.39 is 0 Å². The van der Waals surface area contributed by atoms with Gasteiger partial charge >= 0.3 is 0 Å². The Balaban J connectivity index is 2.61. The van der Waals surface area contributed by atoms with Crippen LogP contribution in [-0.4, -0.2) is 40.6 Å². The average Bonchev–Trinajstić information content (AvgIpc) is 2.29. The van der Waals surface area contributed by atoms with Crippen molar-refractivity contribution >= 4 is 23.1 Å². The van der Waals surface area contributed by atoms with Gasteiger partial charge in [0.05, 0.1) is 10.9 Å². The second-order valence-electron chi connectivity index (χ2n) is 4.34. The zero-order chi connectivity index (χ0) is 12.1. The van der Waals surface area contributed by atoms with Gasteiger partial charge in [0.2, 0.25) is 5.91 Å². The van der Waals surface area contributed by atoms with Crippen LogP contribution in [-0.2, 0) is 4.79 Å². The smallest absolute Gasteiger partial charge is 0.232 e. The molecule has 1 aliphatic heterocycles. The summed E-state index contributed by atoms with van der Waals surface area (Å²) in [6.45, 7) is 3.45. The molecule has 3 N–H and O–H groups in total. The van der Waals surface area contributed by atoms with Gasteiger partial charge in [0.1, 0.15) is 0 Å². The minimum absolute atomic E-state index is 0.0214. The summed E-state index contributed by atoms with van der Waals surface area (Å²) in [4.78, 5) is 14.2. The largest absolute Gasteiger partial charge is 0.396 e. The van der Waals surface area contributed by atoms with Crippen LogP contribution >= 0.6 is 12.2 Å². The first kappa shape index (κ1) is 13.4. The van der Waals surface area contributed by atoms with Crippen molar-refractivity contribution in [2.45, 2.75) is 26.2 Å². The highest BCUT2D eigenvalue weighted by molar-refractivity contribution is 7.80. The number of amides is 1. The molecule has 0 aromatic rings. The Kier molecular flexibility index (Phi) is 5.15. The van der Waals surface area contributed by atoms with Crippen molar-refractivity contribution in [3.63, 3.8) is 0 Å². The lowest BCUT2D eigenvalue weighted by molar-refractivity contribution is -0.135. The van der Waals surface area contributed by atoms with Gasteiger partial charge in [-0.3, -0.25) is 4.79 Å². The van der Waals surface area contributed by atoms with Gasteiger partial charge in [-0.05, 0) is 25.2 Å². The number of carbonyl (C=O) groups is 1. The number of aliphatic hydroxyl groups is 1. The molecule has 0 aliphatic carbocycles. The standard InChI is InChI=1S/C11H20N2O2S/c1-2-9(10(12)16)11(15)13-5-3-4-8(6-13)7-14/h8-9,14H,2-7H2,1H3,(H2,12,16). The Labute approximate surface area is 102 Å². The number of nitrogens with zero attached hydrogens (tertiary/aromatic N) is 1. The third-order valence-corrected chi connectivity index (χ3v) is 3.42. The number of hydrogen-bond donors (Lipinski definition) is 2. The molecule has 1 amide bonds. The van der Waals surface area contributed by atoms with E-state index in [-0.39, 0.29) is 29.3 Å². The fourth-order valence-electron chi connectivity index (χ4n) is 2.13. The predicted octanol–water partition coefficient (Wildman–Crippen LogP) is 0.530. The summed E-state index contributed by atoms with van der Waals surface area (Å²) >= 11 is 4.90. The number of rotatable bonds is 4. The lowest BCUT2D eigenvalue weighted by Crippen LogP contribution is -2.46. The summed E-state index contributed by atoms with van der Waals surface area (Å²) in [6, 6.07) is 0. The molecule has 1 rings (SSSR count). The number of thiocarbonyl (C=S) groups is 1. The molecule has 2 atom stereocenters. The molecule has 1 saturated heterocycles. The van der Waals surface area contributed by atoms with Gasteiger partial charge in [0, 0.05) is 19.7 Å². The first-order chi connectivity index (χ1) is 7.60. The van der Waals surface area contributed by atoms with Crippen molar-refractivity contribution in [1.29, 1.82) is 0 Å². The van der Waals surface area contributed by atoms with Crippen molar-refractivity contribution in [3.05, 3.63) is 0 Å². The molecule has 2 unspecified atom stereocenters. The van der Waals surface area contributed by atoms with Crippen molar-refractivity contribution in [3.8, 4) is 0 Å². The monoisotopic (exact) mass is 244 g/mol. The zero-order valence-corrected chi connectivity index (χ0v) is 10.5. The average molecular weight is 244 g/mol. The molecule has 0 spiro atoms. The van der Waals surface area contributed by atoms with Gasteiger partial charge in [-0.1, -0.05) is 19.1 Å². The van der Waals surface area contributed by atoms with Crippen LogP contribution in [0.15, 0.2) is 0 Å². The number of carbonyl (C=O) groups excluding carboxylic acids is 1. The van der Waals surface area contributed by atoms with E-state index in [1.54, 1.807) is 4.90 Å². The topological polar surface area (TPSA) is 66.6 Å². The molecule has 1 fully saturated rings. The molecule has 16 heavy (non-hydrogen) atoms. The van der Waals surface area contributed by atoms with Crippen molar-refractivity contribution in [1.82, 2.24) is 4.90 Å². The Bertz CT molecular complexity index is 271. The molecular formula is C11H20N2O2S. The van der Waals surface area contributed by atoms with Crippen LogP contribution in [0.5, 0.6) is 0 Å². The Morgan fingerprint density at radius 1 is 1.69 bits per heavy atom. The molecule has 4 nitrogen and oxygen atoms in total. The highest BCUT2D eigenvalue weighted by Crippen LogP contribution is 2.19. The van der Waals surface area contributed by atoms with Crippen molar-refractivity contribution < 1.29 is 9.90 Å². The SMILES string of the molecule is CCC(C(=O)N1CCCC(CO)C1)C(N)=S. The maximum absolute atomic E-state index is 12.1. The molecule has 0 aromatic carbocycles. The van der Waals surface area contributed by atoms with Gasteiger partial charge < -0.3 is 15.7 Å². The van der Waals surface area contributed by atoms with E-state index in [9.17, 15) is 4.79 Å². The second kappa shape index (κ2) is 6.15. The summed E-state index contributed by atoms with van der Waals surface area (Å²) in [5, 5.41) is 9.11. The lowest BCUT2D eigenvalue weighted by atomic mass is 9.96.